The van der Waals surface area contributed by atoms with Crippen molar-refractivity contribution in [2.24, 2.45) is 5.92 Å². The van der Waals surface area contributed by atoms with Gasteiger partial charge < -0.3 is 5.73 Å². The molecule has 0 aliphatic rings. The number of rotatable bonds is 6. The molecular formula is C12H21N3O2S. The molecule has 102 valence electrons. The molecule has 5 nitrogen and oxygen atoms in total. The molecule has 18 heavy (non-hydrogen) atoms. The molecule has 0 unspecified atom stereocenters. The Balaban J connectivity index is 3.00. The van der Waals surface area contributed by atoms with E-state index >= 15 is 0 Å². The van der Waals surface area contributed by atoms with Crippen LogP contribution in [-0.4, -0.2) is 21.5 Å². The minimum atomic E-state index is -3.54. The molecule has 0 saturated heterocycles. The fourth-order valence-electron chi connectivity index (χ4n) is 1.53. The Kier molecular flexibility index (Phi) is 4.98. The number of nitrogens with two attached hydrogens (primary N) is 1. The molecule has 0 radical (unpaired) electrons. The van der Waals surface area contributed by atoms with Crippen LogP contribution < -0.4 is 14.8 Å². The van der Waals surface area contributed by atoms with Crippen molar-refractivity contribution < 1.29 is 8.42 Å². The fraction of sp³-hybridized carbons (Fsp3) is 0.500. The third-order valence-corrected chi connectivity index (χ3v) is 4.02. The zero-order valence-electron chi connectivity index (χ0n) is 11.1. The number of benzene rings is 1. The van der Waals surface area contributed by atoms with Crippen molar-refractivity contribution in [1.29, 1.82) is 0 Å². The van der Waals surface area contributed by atoms with Crippen molar-refractivity contribution in [3.63, 3.8) is 0 Å². The van der Waals surface area contributed by atoms with E-state index in [2.05, 4.69) is 4.72 Å². The summed E-state index contributed by atoms with van der Waals surface area (Å²) in [4.78, 5) is 0. The highest BCUT2D eigenvalue weighted by Gasteiger charge is 2.22. The number of para-hydroxylation sites is 2. The van der Waals surface area contributed by atoms with Crippen LogP contribution in [0.25, 0.3) is 0 Å². The summed E-state index contributed by atoms with van der Waals surface area (Å²) in [6.07, 6.45) is 0. The molecule has 0 heterocycles. The van der Waals surface area contributed by atoms with Crippen molar-refractivity contribution in [2.45, 2.75) is 20.8 Å². The lowest BCUT2D eigenvalue weighted by Gasteiger charge is -2.24. The Labute approximate surface area is 109 Å². The Bertz CT molecular complexity index is 486. The Morgan fingerprint density at radius 3 is 2.44 bits per heavy atom. The van der Waals surface area contributed by atoms with Crippen LogP contribution in [0.1, 0.15) is 20.8 Å². The maximum absolute atomic E-state index is 12.2. The predicted octanol–water partition coefficient (Wildman–Crippen LogP) is 1.59. The molecule has 1 aromatic rings. The Morgan fingerprint density at radius 2 is 1.94 bits per heavy atom. The second-order valence-electron chi connectivity index (χ2n) is 4.47. The molecular weight excluding hydrogens is 250 g/mol. The molecule has 0 amide bonds. The van der Waals surface area contributed by atoms with Crippen LogP contribution in [-0.2, 0) is 10.2 Å². The number of hydrogen-bond acceptors (Lipinski definition) is 3. The van der Waals surface area contributed by atoms with E-state index in [-0.39, 0.29) is 5.92 Å². The molecule has 0 aromatic heterocycles. The number of nitrogen functional groups attached to an aromatic ring is 1. The molecule has 0 fully saturated rings. The van der Waals surface area contributed by atoms with Crippen molar-refractivity contribution in [3.8, 4) is 0 Å². The van der Waals surface area contributed by atoms with E-state index in [0.29, 0.717) is 24.5 Å². The summed E-state index contributed by atoms with van der Waals surface area (Å²) < 4.78 is 28.2. The molecule has 0 spiro atoms. The van der Waals surface area contributed by atoms with Gasteiger partial charge in [-0.05, 0) is 25.0 Å². The first-order valence-corrected chi connectivity index (χ1v) is 7.44. The second kappa shape index (κ2) is 6.06. The number of nitrogens with one attached hydrogen (secondary N) is 1. The third kappa shape index (κ3) is 3.61. The van der Waals surface area contributed by atoms with Crippen molar-refractivity contribution in [2.75, 3.05) is 23.1 Å². The zero-order valence-corrected chi connectivity index (χ0v) is 11.9. The molecule has 0 atom stereocenters. The maximum atomic E-state index is 12.2. The molecule has 1 rings (SSSR count). The van der Waals surface area contributed by atoms with Gasteiger partial charge in [0.1, 0.15) is 0 Å². The summed E-state index contributed by atoms with van der Waals surface area (Å²) in [7, 11) is -3.54. The predicted molar refractivity (Wildman–Crippen MR) is 75.6 cm³/mol. The maximum Gasteiger partial charge on any atom is 0.301 e. The largest absolute Gasteiger partial charge is 0.397 e. The number of anilines is 2. The lowest BCUT2D eigenvalue weighted by Crippen LogP contribution is -2.42. The first-order valence-electron chi connectivity index (χ1n) is 6.00. The molecule has 0 saturated carbocycles. The van der Waals surface area contributed by atoms with Gasteiger partial charge in [0.25, 0.3) is 0 Å². The van der Waals surface area contributed by atoms with E-state index in [4.69, 9.17) is 5.73 Å². The summed E-state index contributed by atoms with van der Waals surface area (Å²) >= 11 is 0. The van der Waals surface area contributed by atoms with E-state index in [1.807, 2.05) is 13.8 Å². The second-order valence-corrected chi connectivity index (χ2v) is 6.15. The normalized spacial score (nSPS) is 11.8. The SMILES string of the molecule is CCN(c1ccccc1N)S(=O)(=O)NCC(C)C. The van der Waals surface area contributed by atoms with Gasteiger partial charge in [0.15, 0.2) is 0 Å². The van der Waals surface area contributed by atoms with Crippen LogP contribution in [0, 0.1) is 5.92 Å². The van der Waals surface area contributed by atoms with Gasteiger partial charge >= 0.3 is 10.2 Å². The van der Waals surface area contributed by atoms with Gasteiger partial charge in [-0.25, -0.2) is 0 Å². The summed E-state index contributed by atoms with van der Waals surface area (Å²) in [6, 6.07) is 6.94. The van der Waals surface area contributed by atoms with Gasteiger partial charge in [-0.1, -0.05) is 26.0 Å². The van der Waals surface area contributed by atoms with E-state index < -0.39 is 10.2 Å². The monoisotopic (exact) mass is 271 g/mol. The minimum absolute atomic E-state index is 0.256. The lowest BCUT2D eigenvalue weighted by molar-refractivity contribution is 0.556. The Hall–Kier alpha value is -1.27. The summed E-state index contributed by atoms with van der Waals surface area (Å²) in [5, 5.41) is 0. The van der Waals surface area contributed by atoms with Crippen LogP contribution in [0.15, 0.2) is 24.3 Å². The standard InChI is InChI=1S/C12H21N3O2S/c1-4-15(12-8-6-5-7-11(12)13)18(16,17)14-9-10(2)3/h5-8,10,14H,4,9,13H2,1-3H3. The number of hydrogen-bond donors (Lipinski definition) is 2. The highest BCUT2D eigenvalue weighted by Crippen LogP contribution is 2.24. The summed E-state index contributed by atoms with van der Waals surface area (Å²) in [5.74, 6) is 0.256. The third-order valence-electron chi connectivity index (χ3n) is 2.46. The van der Waals surface area contributed by atoms with Crippen LogP contribution in [0.2, 0.25) is 0 Å². The van der Waals surface area contributed by atoms with Crippen LogP contribution in [0.4, 0.5) is 11.4 Å². The fourth-order valence-corrected chi connectivity index (χ4v) is 3.00. The van der Waals surface area contributed by atoms with Crippen LogP contribution >= 0.6 is 0 Å². The van der Waals surface area contributed by atoms with Crippen molar-refractivity contribution in [1.82, 2.24) is 4.72 Å². The molecule has 3 N–H and O–H groups in total. The zero-order chi connectivity index (χ0) is 13.8. The van der Waals surface area contributed by atoms with Gasteiger partial charge in [-0.15, -0.1) is 0 Å². The van der Waals surface area contributed by atoms with E-state index in [1.54, 1.807) is 31.2 Å². The highest BCUT2D eigenvalue weighted by molar-refractivity contribution is 7.90. The first-order chi connectivity index (χ1) is 8.38. The number of nitrogens with zero attached hydrogens (tertiary/aromatic N) is 1. The lowest BCUT2D eigenvalue weighted by atomic mass is 10.2. The first kappa shape index (κ1) is 14.8. The average Bonchev–Trinajstić information content (AvgIpc) is 2.30. The molecule has 1 aromatic carbocycles. The van der Waals surface area contributed by atoms with Gasteiger partial charge in [-0.2, -0.15) is 13.1 Å². The van der Waals surface area contributed by atoms with Gasteiger partial charge in [0.05, 0.1) is 11.4 Å². The van der Waals surface area contributed by atoms with Crippen LogP contribution in [0.5, 0.6) is 0 Å². The van der Waals surface area contributed by atoms with Crippen LogP contribution in [0.3, 0.4) is 0 Å². The molecule has 0 aliphatic heterocycles. The quantitative estimate of drug-likeness (QED) is 0.771. The molecule has 0 bridgehead atoms. The topological polar surface area (TPSA) is 75.4 Å². The molecule has 6 heteroatoms. The Morgan fingerprint density at radius 1 is 1.33 bits per heavy atom. The minimum Gasteiger partial charge on any atom is -0.397 e. The van der Waals surface area contributed by atoms with E-state index in [1.165, 1.54) is 4.31 Å². The highest BCUT2D eigenvalue weighted by atomic mass is 32.2. The van der Waals surface area contributed by atoms with Crippen molar-refractivity contribution >= 4 is 21.6 Å². The average molecular weight is 271 g/mol. The van der Waals surface area contributed by atoms with E-state index in [9.17, 15) is 8.42 Å². The van der Waals surface area contributed by atoms with E-state index in [0.717, 1.165) is 0 Å². The summed E-state index contributed by atoms with van der Waals surface area (Å²) in [5.41, 5.74) is 6.78. The van der Waals surface area contributed by atoms with Crippen molar-refractivity contribution in [3.05, 3.63) is 24.3 Å². The van der Waals surface area contributed by atoms with Gasteiger partial charge in [0, 0.05) is 13.1 Å². The van der Waals surface area contributed by atoms with Gasteiger partial charge in [-0.3, -0.25) is 4.31 Å². The molecule has 0 aliphatic carbocycles. The summed E-state index contributed by atoms with van der Waals surface area (Å²) in [6.45, 7) is 6.43. The van der Waals surface area contributed by atoms with Gasteiger partial charge in [0.2, 0.25) is 0 Å². The smallest absolute Gasteiger partial charge is 0.301 e.